The van der Waals surface area contributed by atoms with Crippen LogP contribution in [0.5, 0.6) is 0 Å². The second-order valence-electron chi connectivity index (χ2n) is 4.42. The molecule has 3 N–H and O–H groups in total. The van der Waals surface area contributed by atoms with Crippen molar-refractivity contribution in [3.8, 4) is 0 Å². The average molecular weight is 366 g/mol. The third-order valence-electron chi connectivity index (χ3n) is 2.88. The molecule has 9 heteroatoms. The summed E-state index contributed by atoms with van der Waals surface area (Å²) in [6.45, 7) is 0.0725. The molecule has 1 saturated heterocycles. The fraction of sp³-hybridized carbons (Fsp3) is 0.333. The lowest BCUT2D eigenvalue weighted by molar-refractivity contribution is -0.137. The van der Waals surface area contributed by atoms with E-state index in [1.54, 1.807) is 0 Å². The van der Waals surface area contributed by atoms with Crippen molar-refractivity contribution in [2.24, 2.45) is 0 Å². The van der Waals surface area contributed by atoms with Crippen molar-refractivity contribution in [3.05, 3.63) is 28.2 Å². The summed E-state index contributed by atoms with van der Waals surface area (Å²) in [5, 5.41) is 7.59. The number of hydrogen-bond donors (Lipinski definition) is 3. The lowest BCUT2D eigenvalue weighted by Crippen LogP contribution is -2.56. The molecular weight excluding hydrogens is 355 g/mol. The van der Waals surface area contributed by atoms with Gasteiger partial charge in [0.2, 0.25) is 11.8 Å². The lowest BCUT2D eigenvalue weighted by atomic mass is 10.1. The normalized spacial score (nSPS) is 19.0. The molecule has 5 nitrogen and oxygen atoms in total. The Bertz CT molecular complexity index is 567. The van der Waals surface area contributed by atoms with Crippen molar-refractivity contribution in [2.75, 3.05) is 18.4 Å². The van der Waals surface area contributed by atoms with Crippen LogP contribution < -0.4 is 16.0 Å². The summed E-state index contributed by atoms with van der Waals surface area (Å²) in [5.41, 5.74) is -0.834. The average Bonchev–Trinajstić information content (AvgIpc) is 2.40. The molecule has 1 aliphatic heterocycles. The molecule has 1 aliphatic rings. The molecule has 1 heterocycles. The molecular formula is C12H11BrF3N3O2. The smallest absolute Gasteiger partial charge is 0.353 e. The summed E-state index contributed by atoms with van der Waals surface area (Å²) in [7, 11) is 0. The van der Waals surface area contributed by atoms with Crippen LogP contribution in [0.2, 0.25) is 0 Å². The Morgan fingerprint density at radius 1 is 1.38 bits per heavy atom. The van der Waals surface area contributed by atoms with Gasteiger partial charge in [-0.1, -0.05) is 0 Å². The Morgan fingerprint density at radius 2 is 2.10 bits per heavy atom. The van der Waals surface area contributed by atoms with Gasteiger partial charge in [0, 0.05) is 11.0 Å². The molecule has 0 spiro atoms. The minimum Gasteiger partial charge on any atom is -0.353 e. The zero-order valence-electron chi connectivity index (χ0n) is 10.6. The Morgan fingerprint density at radius 3 is 2.67 bits per heavy atom. The van der Waals surface area contributed by atoms with Gasteiger partial charge in [0.15, 0.2) is 0 Å². The highest BCUT2D eigenvalue weighted by molar-refractivity contribution is 9.10. The maximum absolute atomic E-state index is 12.6. The molecule has 2 rings (SSSR count). The zero-order chi connectivity index (χ0) is 15.6. The van der Waals surface area contributed by atoms with Gasteiger partial charge < -0.3 is 10.6 Å². The van der Waals surface area contributed by atoms with E-state index < -0.39 is 23.7 Å². The number of piperazine rings is 1. The van der Waals surface area contributed by atoms with Gasteiger partial charge in [0.25, 0.3) is 0 Å². The first-order valence-electron chi connectivity index (χ1n) is 5.95. The number of carbonyl (C=O) groups is 2. The van der Waals surface area contributed by atoms with E-state index in [1.807, 2.05) is 0 Å². The molecule has 0 saturated carbocycles. The number of amides is 2. The van der Waals surface area contributed by atoms with Gasteiger partial charge in [0.05, 0.1) is 17.8 Å². The van der Waals surface area contributed by atoms with Crippen molar-refractivity contribution in [1.82, 2.24) is 10.6 Å². The molecule has 0 radical (unpaired) electrons. The first kappa shape index (κ1) is 15.8. The minimum atomic E-state index is -4.49. The van der Waals surface area contributed by atoms with Crippen molar-refractivity contribution >= 4 is 33.4 Å². The van der Waals surface area contributed by atoms with Crippen molar-refractivity contribution < 1.29 is 22.8 Å². The van der Waals surface area contributed by atoms with E-state index in [2.05, 4.69) is 31.9 Å². The number of rotatable bonds is 2. The van der Waals surface area contributed by atoms with E-state index in [9.17, 15) is 22.8 Å². The van der Waals surface area contributed by atoms with E-state index in [4.69, 9.17) is 0 Å². The quantitative estimate of drug-likeness (QED) is 0.743. The Balaban J connectivity index is 2.11. The fourth-order valence-corrected chi connectivity index (χ4v) is 2.11. The van der Waals surface area contributed by atoms with E-state index in [1.165, 1.54) is 6.07 Å². The standard InChI is InChI=1S/C12H11BrF3N3O2/c13-7-2-1-6(12(14,15)16)3-8(7)19-11(21)9-4-18-10(20)5-17-9/h1-3,9,17H,4-5H2,(H,18,20)(H,19,21). The SMILES string of the molecule is O=C1CNC(C(=O)Nc2cc(C(F)(F)F)ccc2Br)CN1. The molecule has 0 aliphatic carbocycles. The second-order valence-corrected chi connectivity index (χ2v) is 5.27. The van der Waals surface area contributed by atoms with Gasteiger partial charge in [-0.25, -0.2) is 0 Å². The molecule has 1 aromatic rings. The first-order valence-corrected chi connectivity index (χ1v) is 6.74. The van der Waals surface area contributed by atoms with Gasteiger partial charge in [-0.3, -0.25) is 14.9 Å². The van der Waals surface area contributed by atoms with Crippen molar-refractivity contribution in [2.45, 2.75) is 12.2 Å². The molecule has 1 fully saturated rings. The molecule has 1 aromatic carbocycles. The highest BCUT2D eigenvalue weighted by Gasteiger charge is 2.31. The summed E-state index contributed by atoms with van der Waals surface area (Å²) in [4.78, 5) is 22.9. The van der Waals surface area contributed by atoms with Gasteiger partial charge in [0.1, 0.15) is 6.04 Å². The van der Waals surface area contributed by atoms with Crippen molar-refractivity contribution in [3.63, 3.8) is 0 Å². The van der Waals surface area contributed by atoms with Crippen LogP contribution in [-0.4, -0.2) is 30.9 Å². The highest BCUT2D eigenvalue weighted by Crippen LogP contribution is 2.33. The molecule has 2 amide bonds. The number of benzene rings is 1. The highest BCUT2D eigenvalue weighted by atomic mass is 79.9. The van der Waals surface area contributed by atoms with Crippen LogP contribution in [0.3, 0.4) is 0 Å². The Labute approximate surface area is 126 Å². The largest absolute Gasteiger partial charge is 0.416 e. The second kappa shape index (κ2) is 6.02. The number of carbonyl (C=O) groups excluding carboxylic acids is 2. The van der Waals surface area contributed by atoms with Crippen LogP contribution in [0, 0.1) is 0 Å². The van der Waals surface area contributed by atoms with Crippen LogP contribution in [0.25, 0.3) is 0 Å². The van der Waals surface area contributed by atoms with E-state index in [0.29, 0.717) is 4.47 Å². The van der Waals surface area contributed by atoms with E-state index in [-0.39, 0.29) is 24.7 Å². The monoisotopic (exact) mass is 365 g/mol. The predicted molar refractivity (Wildman–Crippen MR) is 72.6 cm³/mol. The maximum atomic E-state index is 12.6. The maximum Gasteiger partial charge on any atom is 0.416 e. The predicted octanol–water partition coefficient (Wildman–Crippen LogP) is 1.49. The molecule has 21 heavy (non-hydrogen) atoms. The minimum absolute atomic E-state index is 0.0121. The van der Waals surface area contributed by atoms with Crippen LogP contribution in [-0.2, 0) is 15.8 Å². The van der Waals surface area contributed by atoms with Gasteiger partial charge >= 0.3 is 6.18 Å². The van der Waals surface area contributed by atoms with Crippen LogP contribution in [0.15, 0.2) is 22.7 Å². The topological polar surface area (TPSA) is 70.2 Å². The summed E-state index contributed by atoms with van der Waals surface area (Å²) >= 11 is 3.09. The van der Waals surface area contributed by atoms with E-state index in [0.717, 1.165) is 12.1 Å². The van der Waals surface area contributed by atoms with Crippen LogP contribution in [0.4, 0.5) is 18.9 Å². The zero-order valence-corrected chi connectivity index (χ0v) is 12.1. The van der Waals surface area contributed by atoms with Gasteiger partial charge in [-0.2, -0.15) is 13.2 Å². The van der Waals surface area contributed by atoms with Crippen LogP contribution >= 0.6 is 15.9 Å². The van der Waals surface area contributed by atoms with Gasteiger partial charge in [-0.15, -0.1) is 0 Å². The number of anilines is 1. The first-order chi connectivity index (χ1) is 9.77. The molecule has 1 atom stereocenters. The molecule has 1 unspecified atom stereocenters. The summed E-state index contributed by atoms with van der Waals surface area (Å²) in [6, 6.07) is 2.29. The summed E-state index contributed by atoms with van der Waals surface area (Å²) in [6.07, 6.45) is -4.49. The van der Waals surface area contributed by atoms with E-state index >= 15 is 0 Å². The number of nitrogens with one attached hydrogen (secondary N) is 3. The number of halogens is 4. The fourth-order valence-electron chi connectivity index (χ4n) is 1.77. The Hall–Kier alpha value is -1.61. The third kappa shape index (κ3) is 3.94. The number of alkyl halides is 3. The summed E-state index contributed by atoms with van der Waals surface area (Å²) < 4.78 is 38.3. The van der Waals surface area contributed by atoms with Crippen molar-refractivity contribution in [1.29, 1.82) is 0 Å². The molecule has 114 valence electrons. The Kier molecular flexibility index (Phi) is 4.52. The number of hydrogen-bond acceptors (Lipinski definition) is 3. The molecule has 0 aromatic heterocycles. The lowest BCUT2D eigenvalue weighted by Gasteiger charge is -2.23. The van der Waals surface area contributed by atoms with Crippen LogP contribution in [0.1, 0.15) is 5.56 Å². The molecule has 0 bridgehead atoms. The third-order valence-corrected chi connectivity index (χ3v) is 3.57. The summed E-state index contributed by atoms with van der Waals surface area (Å²) in [5.74, 6) is -0.755. The van der Waals surface area contributed by atoms with Gasteiger partial charge in [-0.05, 0) is 34.1 Å².